The van der Waals surface area contributed by atoms with Crippen LogP contribution >= 0.6 is 0 Å². The predicted octanol–water partition coefficient (Wildman–Crippen LogP) is 9.06. The highest BCUT2D eigenvalue weighted by Crippen LogP contribution is 2.31. The number of likely N-dealkylation sites (N-methyl/N-ethyl adjacent to an activating group) is 2. The van der Waals surface area contributed by atoms with Gasteiger partial charge in [0, 0.05) is 43.2 Å². The highest BCUT2D eigenvalue weighted by Gasteiger charge is 2.41. The molecule has 4 amide bonds. The van der Waals surface area contributed by atoms with Crippen molar-refractivity contribution in [1.29, 1.82) is 0 Å². The van der Waals surface area contributed by atoms with Crippen molar-refractivity contribution in [3.63, 3.8) is 0 Å². The smallest absolute Gasteiger partial charge is 0.247 e. The Balaban J connectivity index is 0.991. The van der Waals surface area contributed by atoms with Gasteiger partial charge in [-0.25, -0.2) is 4.39 Å². The highest BCUT2D eigenvalue weighted by molar-refractivity contribution is 5.99. The third kappa shape index (κ3) is 11.3. The van der Waals surface area contributed by atoms with Crippen molar-refractivity contribution in [3.05, 3.63) is 162 Å². The van der Waals surface area contributed by atoms with Gasteiger partial charge in [-0.05, 0) is 123 Å². The molecule has 12 heteroatoms. The van der Waals surface area contributed by atoms with E-state index in [1.807, 2.05) is 109 Å². The number of carbonyl (C=O) groups is 4. The van der Waals surface area contributed by atoms with Gasteiger partial charge in [0.05, 0.1) is 0 Å². The first-order valence-corrected chi connectivity index (χ1v) is 23.6. The number of halogens is 1. The lowest BCUT2D eigenvalue weighted by molar-refractivity contribution is -0.141. The Labute approximate surface area is 389 Å². The molecule has 2 unspecified atom stereocenters. The Morgan fingerprint density at radius 3 is 1.29 bits per heavy atom. The zero-order valence-corrected chi connectivity index (χ0v) is 38.7. The van der Waals surface area contributed by atoms with Crippen molar-refractivity contribution in [2.24, 2.45) is 0 Å². The summed E-state index contributed by atoms with van der Waals surface area (Å²) in [6, 6.07) is 39.3. The Kier molecular flexibility index (Phi) is 16.4. The van der Waals surface area contributed by atoms with Crippen molar-refractivity contribution in [2.75, 3.05) is 54.8 Å². The fourth-order valence-electron chi connectivity index (χ4n) is 9.56. The molecule has 0 aliphatic carbocycles. The monoisotopic (exact) mass is 894 g/mol. The van der Waals surface area contributed by atoms with Crippen LogP contribution in [0.5, 0.6) is 0 Å². The summed E-state index contributed by atoms with van der Waals surface area (Å²) < 4.78 is 14.1. The molecule has 5 aromatic carbocycles. The summed E-state index contributed by atoms with van der Waals surface area (Å²) in [5.74, 6) is -0.824. The van der Waals surface area contributed by atoms with Gasteiger partial charge in [0.2, 0.25) is 23.6 Å². The van der Waals surface area contributed by atoms with E-state index in [1.165, 1.54) is 12.1 Å². The van der Waals surface area contributed by atoms with E-state index in [1.54, 1.807) is 21.9 Å². The molecule has 11 nitrogen and oxygen atoms in total. The molecule has 0 radical (unpaired) electrons. The van der Waals surface area contributed by atoms with Crippen molar-refractivity contribution in [3.8, 4) is 0 Å². The lowest BCUT2D eigenvalue weighted by Crippen LogP contribution is -2.48. The van der Waals surface area contributed by atoms with Crippen LogP contribution in [0.3, 0.4) is 0 Å². The quantitative estimate of drug-likeness (QED) is 0.0852. The van der Waals surface area contributed by atoms with Gasteiger partial charge in [-0.1, -0.05) is 113 Å². The highest BCUT2D eigenvalue weighted by atomic mass is 19.1. The van der Waals surface area contributed by atoms with Crippen LogP contribution in [0, 0.1) is 5.82 Å². The minimum atomic E-state index is -0.565. The number of anilines is 3. The number of hydrogen-bond acceptors (Lipinski definition) is 7. The fraction of sp³-hybridized carbons (Fsp3) is 0.370. The first kappa shape index (κ1) is 47.6. The van der Waals surface area contributed by atoms with E-state index in [-0.39, 0.29) is 29.4 Å². The van der Waals surface area contributed by atoms with Crippen LogP contribution < -0.4 is 15.5 Å². The molecule has 0 spiro atoms. The normalized spacial score (nSPS) is 16.9. The average molecular weight is 894 g/mol. The molecule has 4 atom stereocenters. The van der Waals surface area contributed by atoms with Gasteiger partial charge in [0.15, 0.2) is 0 Å². The molecular formula is C54H64FN7O4. The van der Waals surface area contributed by atoms with Gasteiger partial charge in [-0.2, -0.15) is 0 Å². The Morgan fingerprint density at radius 1 is 0.545 bits per heavy atom. The molecule has 0 bridgehead atoms. The number of nitrogens with zero attached hydrogens (tertiary/aromatic N) is 5. The zero-order chi connectivity index (χ0) is 46.6. The zero-order valence-electron chi connectivity index (χ0n) is 38.7. The average Bonchev–Trinajstić information content (AvgIpc) is 4.06. The molecule has 2 saturated heterocycles. The van der Waals surface area contributed by atoms with Crippen LogP contribution in [-0.2, 0) is 32.3 Å². The number of hydrogen-bond donors (Lipinski definition) is 2. The van der Waals surface area contributed by atoms with Crippen LogP contribution in [0.15, 0.2) is 133 Å². The van der Waals surface area contributed by atoms with Crippen LogP contribution in [0.25, 0.3) is 0 Å². The molecule has 346 valence electrons. The molecular weight excluding hydrogens is 830 g/mol. The van der Waals surface area contributed by atoms with Gasteiger partial charge in [0.1, 0.15) is 30.0 Å². The molecule has 2 fully saturated rings. The summed E-state index contributed by atoms with van der Waals surface area (Å²) in [4.78, 5) is 65.8. The molecule has 2 heterocycles. The minimum absolute atomic E-state index is 0.0504. The second-order valence-electron chi connectivity index (χ2n) is 17.2. The summed E-state index contributed by atoms with van der Waals surface area (Å²) in [6.07, 6.45) is 2.71. The van der Waals surface area contributed by atoms with Crippen molar-refractivity contribution < 1.29 is 23.6 Å². The lowest BCUT2D eigenvalue weighted by atomic mass is 10.0. The standard InChI is InChI=1S/C54H64FN7O4/c1-5-58(6-2)49(41-17-11-9-12-18-41)53(65)61-35-15-21-47(61)51(63)56-44-29-23-39(24-30-44)37-60(46-33-27-43(55)28-34-46)38-40-25-31-45(32-26-40)57-52(64)48-22-16-36-62(48)54(66)50(59(7-3)8-4)42-19-13-10-14-20-42/h9-14,17-20,23-34,47-50H,5-8,15-16,21-22,35-38H2,1-4H3,(H,56,63)(H,57,64)/t47-,48?,49+,50?/m0/s1. The maximum atomic E-state index is 14.2. The van der Waals surface area contributed by atoms with E-state index in [4.69, 9.17) is 0 Å². The van der Waals surface area contributed by atoms with E-state index in [0.717, 1.165) is 40.8 Å². The summed E-state index contributed by atoms with van der Waals surface area (Å²) in [5, 5.41) is 6.15. The molecule has 0 saturated carbocycles. The summed E-state index contributed by atoms with van der Waals surface area (Å²) >= 11 is 0. The minimum Gasteiger partial charge on any atom is -0.363 e. The number of rotatable bonds is 19. The number of likely N-dealkylation sites (tertiary alicyclic amines) is 2. The van der Waals surface area contributed by atoms with Crippen LogP contribution in [0.1, 0.15) is 87.7 Å². The second kappa shape index (κ2) is 22.7. The number of benzene rings is 5. The van der Waals surface area contributed by atoms with Crippen molar-refractivity contribution in [1.82, 2.24) is 19.6 Å². The number of amides is 4. The third-order valence-corrected chi connectivity index (χ3v) is 13.1. The summed E-state index contributed by atoms with van der Waals surface area (Å²) in [5.41, 5.74) is 5.93. The largest absolute Gasteiger partial charge is 0.363 e. The Hall–Kier alpha value is -6.37. The van der Waals surface area contributed by atoms with Gasteiger partial charge in [0.25, 0.3) is 0 Å². The Morgan fingerprint density at radius 2 is 0.924 bits per heavy atom. The van der Waals surface area contributed by atoms with E-state index in [9.17, 15) is 23.6 Å². The molecule has 2 aliphatic heterocycles. The maximum absolute atomic E-state index is 14.2. The SMILES string of the molecule is CCN(CC)C(C(=O)N1CCCC1C(=O)Nc1ccc(CN(Cc2ccc(NC(=O)[C@@H]3CCCN3C(=O)[C@@H](c3ccccc3)N(CC)CC)cc2)c2ccc(F)cc2)cc1)c1ccccc1. The molecule has 0 aromatic heterocycles. The molecule has 7 rings (SSSR count). The van der Waals surface area contributed by atoms with Crippen LogP contribution in [0.4, 0.5) is 21.5 Å². The Bertz CT molecular complexity index is 2210. The van der Waals surface area contributed by atoms with Crippen LogP contribution in [-0.4, -0.2) is 94.6 Å². The van der Waals surface area contributed by atoms with Crippen molar-refractivity contribution in [2.45, 2.75) is 90.6 Å². The van der Waals surface area contributed by atoms with Crippen molar-refractivity contribution >= 4 is 40.7 Å². The second-order valence-corrected chi connectivity index (χ2v) is 17.2. The van der Waals surface area contributed by atoms with E-state index in [2.05, 4.69) is 53.0 Å². The number of nitrogens with one attached hydrogen (secondary N) is 2. The fourth-order valence-corrected chi connectivity index (χ4v) is 9.56. The molecule has 2 aliphatic rings. The van der Waals surface area contributed by atoms with Gasteiger partial charge >= 0.3 is 0 Å². The van der Waals surface area contributed by atoms with E-state index in [0.29, 0.717) is 76.6 Å². The topological polar surface area (TPSA) is 109 Å². The van der Waals surface area contributed by atoms with E-state index >= 15 is 0 Å². The first-order chi connectivity index (χ1) is 32.1. The van der Waals surface area contributed by atoms with Gasteiger partial charge in [-0.15, -0.1) is 0 Å². The predicted molar refractivity (Wildman–Crippen MR) is 260 cm³/mol. The molecule has 5 aromatic rings. The summed E-state index contributed by atoms with van der Waals surface area (Å²) in [7, 11) is 0. The maximum Gasteiger partial charge on any atom is 0.247 e. The van der Waals surface area contributed by atoms with Gasteiger partial charge < -0.3 is 25.3 Å². The molecule has 2 N–H and O–H groups in total. The van der Waals surface area contributed by atoms with Crippen LogP contribution in [0.2, 0.25) is 0 Å². The first-order valence-electron chi connectivity index (χ1n) is 23.6. The number of carbonyl (C=O) groups excluding carboxylic acids is 4. The summed E-state index contributed by atoms with van der Waals surface area (Å²) in [6.45, 7) is 13.1. The molecule has 66 heavy (non-hydrogen) atoms. The third-order valence-electron chi connectivity index (χ3n) is 13.1. The van der Waals surface area contributed by atoms with Gasteiger partial charge in [-0.3, -0.25) is 29.0 Å². The lowest BCUT2D eigenvalue weighted by Gasteiger charge is -2.34. The van der Waals surface area contributed by atoms with E-state index < -0.39 is 24.2 Å².